The Morgan fingerprint density at radius 1 is 1.41 bits per heavy atom. The Morgan fingerprint density at radius 3 is 2.47 bits per heavy atom. The molecule has 1 rings (SSSR count). The fraction of sp³-hybridized carbons (Fsp3) is 0.222. The molecule has 1 aromatic carbocycles. The van der Waals surface area contributed by atoms with Crippen LogP contribution < -0.4 is 10.5 Å². The molecule has 0 aliphatic heterocycles. The molecule has 0 unspecified atom stereocenters. The lowest BCUT2D eigenvalue weighted by Gasteiger charge is -2.15. The number of nitrogen functional groups attached to an aromatic ring is 1. The molecule has 0 amide bonds. The Bertz CT molecular complexity index is 539. The molecule has 0 fully saturated rings. The maximum Gasteiger partial charge on any atom is 0.337 e. The Labute approximate surface area is 99.0 Å². The van der Waals surface area contributed by atoms with Crippen molar-refractivity contribution in [2.45, 2.75) is 0 Å². The second kappa shape index (κ2) is 4.60. The first-order valence-electron chi connectivity index (χ1n) is 4.57. The van der Waals surface area contributed by atoms with Crippen LogP contribution >= 0.6 is 0 Å². The zero-order valence-electron chi connectivity index (χ0n) is 9.34. The summed E-state index contributed by atoms with van der Waals surface area (Å²) in [7, 11) is -1.10. The van der Waals surface area contributed by atoms with Crippen LogP contribution in [0.4, 0.5) is 11.4 Å². The fourth-order valence-corrected chi connectivity index (χ4v) is 1.69. The van der Waals surface area contributed by atoms with E-state index in [1.54, 1.807) is 0 Å². The van der Waals surface area contributed by atoms with Gasteiger partial charge in [0.15, 0.2) is 0 Å². The highest BCUT2D eigenvalue weighted by Gasteiger charge is 2.18. The van der Waals surface area contributed by atoms with Crippen molar-refractivity contribution in [3.8, 4) is 0 Å². The molecule has 0 saturated carbocycles. The van der Waals surface area contributed by atoms with E-state index in [0.29, 0.717) is 0 Å². The smallest absolute Gasteiger partial charge is 0.337 e. The molecule has 1 aromatic rings. The first kappa shape index (κ1) is 13.3. The quantitative estimate of drug-likeness (QED) is 0.668. The summed E-state index contributed by atoms with van der Waals surface area (Å²) in [6, 6.07) is 3.88. The molecule has 0 spiro atoms. The number of nitrogens with two attached hydrogens (primary N) is 1. The van der Waals surface area contributed by atoms with Gasteiger partial charge in [-0.1, -0.05) is 0 Å². The number of aromatic carboxylic acids is 1. The highest BCUT2D eigenvalue weighted by atomic mass is 32.2. The summed E-state index contributed by atoms with van der Waals surface area (Å²) in [5, 5.41) is 8.90. The monoisotopic (exact) mass is 259 g/mol. The van der Waals surface area contributed by atoms with Gasteiger partial charge in [-0.15, -0.1) is 0 Å². The molecule has 0 atom stereocenters. The van der Waals surface area contributed by atoms with Gasteiger partial charge < -0.3 is 10.8 Å². The number of nitrogens with zero attached hydrogens (tertiary/aromatic N) is 1. The Kier molecular flexibility index (Phi) is 3.59. The standard InChI is InChI=1S/C9H13N3O4S/c1-12(2)17(15,16)11-8-5-6(10)3-4-7(8)9(13)14/h3-5,11H,10H2,1-2H3,(H,13,14). The van der Waals surface area contributed by atoms with Crippen molar-refractivity contribution in [2.75, 3.05) is 24.6 Å². The van der Waals surface area contributed by atoms with Crippen molar-refractivity contribution in [3.05, 3.63) is 23.8 Å². The minimum absolute atomic E-state index is 0.0637. The van der Waals surface area contributed by atoms with Gasteiger partial charge in [0.2, 0.25) is 0 Å². The summed E-state index contributed by atoms with van der Waals surface area (Å²) in [6.45, 7) is 0. The molecular formula is C9H13N3O4S. The lowest BCUT2D eigenvalue weighted by atomic mass is 10.1. The zero-order valence-corrected chi connectivity index (χ0v) is 10.2. The van der Waals surface area contributed by atoms with Crippen LogP contribution in [0.25, 0.3) is 0 Å². The molecule has 0 aromatic heterocycles. The molecule has 0 heterocycles. The molecular weight excluding hydrogens is 246 g/mol. The lowest BCUT2D eigenvalue weighted by molar-refractivity contribution is 0.0698. The van der Waals surface area contributed by atoms with E-state index in [-0.39, 0.29) is 16.9 Å². The van der Waals surface area contributed by atoms with Crippen LogP contribution in [0.5, 0.6) is 0 Å². The minimum atomic E-state index is -3.76. The molecule has 7 nitrogen and oxygen atoms in total. The van der Waals surface area contributed by atoms with E-state index in [9.17, 15) is 13.2 Å². The molecule has 0 saturated heterocycles. The second-order valence-corrected chi connectivity index (χ2v) is 5.38. The van der Waals surface area contributed by atoms with Crippen molar-refractivity contribution in [1.82, 2.24) is 4.31 Å². The predicted octanol–water partition coefficient (Wildman–Crippen LogP) is 0.185. The van der Waals surface area contributed by atoms with Gasteiger partial charge in [-0.05, 0) is 18.2 Å². The molecule has 0 bridgehead atoms. The largest absolute Gasteiger partial charge is 0.478 e. The van der Waals surface area contributed by atoms with Crippen molar-refractivity contribution < 1.29 is 18.3 Å². The van der Waals surface area contributed by atoms with Crippen LogP contribution in [0.2, 0.25) is 0 Å². The van der Waals surface area contributed by atoms with Crippen molar-refractivity contribution in [1.29, 1.82) is 0 Å². The fourth-order valence-electron chi connectivity index (χ4n) is 1.06. The van der Waals surface area contributed by atoms with Crippen molar-refractivity contribution in [2.24, 2.45) is 0 Å². The van der Waals surface area contributed by atoms with Crippen LogP contribution in [0, 0.1) is 0 Å². The third kappa shape index (κ3) is 3.08. The van der Waals surface area contributed by atoms with E-state index < -0.39 is 16.2 Å². The average Bonchev–Trinajstić information content (AvgIpc) is 2.15. The molecule has 0 radical (unpaired) electrons. The van der Waals surface area contributed by atoms with Crippen LogP contribution in [0.1, 0.15) is 10.4 Å². The van der Waals surface area contributed by atoms with Gasteiger partial charge in [0.1, 0.15) is 0 Å². The van der Waals surface area contributed by atoms with Crippen molar-refractivity contribution in [3.63, 3.8) is 0 Å². The number of hydrogen-bond donors (Lipinski definition) is 3. The summed E-state index contributed by atoms with van der Waals surface area (Å²) in [5.74, 6) is -1.23. The number of benzene rings is 1. The maximum atomic E-state index is 11.6. The number of hydrogen-bond acceptors (Lipinski definition) is 4. The van der Waals surface area contributed by atoms with Crippen molar-refractivity contribution >= 4 is 27.6 Å². The van der Waals surface area contributed by atoms with E-state index in [0.717, 1.165) is 4.31 Å². The summed E-state index contributed by atoms with van der Waals surface area (Å²) in [4.78, 5) is 10.9. The van der Waals surface area contributed by atoms with Gasteiger partial charge >= 0.3 is 16.2 Å². The van der Waals surface area contributed by atoms with Crippen LogP contribution in [0.3, 0.4) is 0 Å². The topological polar surface area (TPSA) is 113 Å². The third-order valence-electron chi connectivity index (χ3n) is 1.99. The van der Waals surface area contributed by atoms with Gasteiger partial charge in [0.05, 0.1) is 11.3 Å². The second-order valence-electron chi connectivity index (χ2n) is 3.50. The Balaban J connectivity index is 3.22. The van der Waals surface area contributed by atoms with Gasteiger partial charge in [0, 0.05) is 19.8 Å². The molecule has 17 heavy (non-hydrogen) atoms. The summed E-state index contributed by atoms with van der Waals surface area (Å²) >= 11 is 0. The van der Waals surface area contributed by atoms with E-state index in [4.69, 9.17) is 10.8 Å². The van der Waals surface area contributed by atoms with E-state index in [1.807, 2.05) is 0 Å². The number of anilines is 2. The van der Waals surface area contributed by atoms with E-state index in [2.05, 4.69) is 4.72 Å². The zero-order chi connectivity index (χ0) is 13.2. The number of carboxylic acid groups (broad SMARTS) is 1. The number of carboxylic acids is 1. The minimum Gasteiger partial charge on any atom is -0.478 e. The summed E-state index contributed by atoms with van der Waals surface area (Å²) in [5.41, 5.74) is 5.53. The van der Waals surface area contributed by atoms with E-state index >= 15 is 0 Å². The number of carbonyl (C=O) groups is 1. The number of nitrogens with one attached hydrogen (secondary N) is 1. The predicted molar refractivity (Wildman–Crippen MR) is 64.0 cm³/mol. The molecule has 0 aliphatic rings. The molecule has 4 N–H and O–H groups in total. The molecule has 94 valence electrons. The summed E-state index contributed by atoms with van der Waals surface area (Å²) in [6.07, 6.45) is 0. The summed E-state index contributed by atoms with van der Waals surface area (Å²) < 4.78 is 26.2. The average molecular weight is 259 g/mol. The Hall–Kier alpha value is -1.80. The van der Waals surface area contributed by atoms with Gasteiger partial charge in [-0.3, -0.25) is 4.72 Å². The Morgan fingerprint density at radius 2 is 2.00 bits per heavy atom. The molecule has 0 aliphatic carbocycles. The number of rotatable bonds is 4. The molecule has 8 heteroatoms. The SMILES string of the molecule is CN(C)S(=O)(=O)Nc1cc(N)ccc1C(=O)O. The van der Waals surface area contributed by atoms with E-state index in [1.165, 1.54) is 32.3 Å². The van der Waals surface area contributed by atoms with Gasteiger partial charge in [0.25, 0.3) is 0 Å². The van der Waals surface area contributed by atoms with Crippen LogP contribution in [0.15, 0.2) is 18.2 Å². The van der Waals surface area contributed by atoms with Crippen LogP contribution in [-0.2, 0) is 10.2 Å². The first-order valence-corrected chi connectivity index (χ1v) is 6.01. The highest BCUT2D eigenvalue weighted by molar-refractivity contribution is 7.90. The lowest BCUT2D eigenvalue weighted by Crippen LogP contribution is -2.29. The third-order valence-corrected chi connectivity index (χ3v) is 3.43. The van der Waals surface area contributed by atoms with Crippen LogP contribution in [-0.4, -0.2) is 37.9 Å². The highest BCUT2D eigenvalue weighted by Crippen LogP contribution is 2.20. The van der Waals surface area contributed by atoms with Gasteiger partial charge in [-0.2, -0.15) is 12.7 Å². The maximum absolute atomic E-state index is 11.6. The first-order chi connectivity index (χ1) is 7.74. The van der Waals surface area contributed by atoms with Gasteiger partial charge in [-0.25, -0.2) is 4.79 Å². The normalized spacial score (nSPS) is 11.5.